The summed E-state index contributed by atoms with van der Waals surface area (Å²) in [6.45, 7) is 4.68. The molecule has 7 nitrogen and oxygen atoms in total. The highest BCUT2D eigenvalue weighted by molar-refractivity contribution is 6.30. The fraction of sp³-hybridized carbons (Fsp3) is 0.273. The number of benzene rings is 2. The molecule has 1 saturated heterocycles. The summed E-state index contributed by atoms with van der Waals surface area (Å²) >= 11 is 6.08. The number of rotatable bonds is 3. The molecule has 4 rings (SSSR count). The summed E-state index contributed by atoms with van der Waals surface area (Å²) in [5, 5.41) is 17.9. The van der Waals surface area contributed by atoms with Gasteiger partial charge in [0.15, 0.2) is 5.69 Å². The van der Waals surface area contributed by atoms with E-state index >= 15 is 0 Å². The largest absolute Gasteiger partial charge is 0.370 e. The molecule has 1 aliphatic heterocycles. The molecule has 0 atom stereocenters. The standard InChI is InChI=1S/C22H21ClN6O/c1-16-21(25-26-29(16)20-5-2-4-18(23)14-20)22(30)28-11-3-10-27(12-13-28)19-8-6-17(15-24)7-9-19/h2,4-9,14H,3,10-13H2,1H3. The molecule has 3 aromatic rings. The highest BCUT2D eigenvalue weighted by Gasteiger charge is 2.25. The number of hydrogen-bond acceptors (Lipinski definition) is 5. The number of carbonyl (C=O) groups is 1. The fourth-order valence-corrected chi connectivity index (χ4v) is 3.84. The molecule has 2 aromatic carbocycles. The maximum atomic E-state index is 13.1. The van der Waals surface area contributed by atoms with Crippen LogP contribution in [0.25, 0.3) is 5.69 Å². The molecular weight excluding hydrogens is 400 g/mol. The van der Waals surface area contributed by atoms with Crippen molar-refractivity contribution >= 4 is 23.2 Å². The molecule has 0 unspecified atom stereocenters. The van der Waals surface area contributed by atoms with Crippen molar-refractivity contribution in [1.82, 2.24) is 19.9 Å². The van der Waals surface area contributed by atoms with E-state index in [0.29, 0.717) is 35.1 Å². The molecule has 0 radical (unpaired) electrons. The van der Waals surface area contributed by atoms with Crippen molar-refractivity contribution in [3.8, 4) is 11.8 Å². The lowest BCUT2D eigenvalue weighted by Gasteiger charge is -2.23. The number of aromatic nitrogens is 3. The molecule has 1 aromatic heterocycles. The van der Waals surface area contributed by atoms with Gasteiger partial charge in [-0.25, -0.2) is 4.68 Å². The van der Waals surface area contributed by atoms with Gasteiger partial charge in [0.2, 0.25) is 0 Å². The Labute approximate surface area is 180 Å². The van der Waals surface area contributed by atoms with E-state index in [1.807, 2.05) is 48.2 Å². The SMILES string of the molecule is Cc1c(C(=O)N2CCCN(c3ccc(C#N)cc3)CC2)nnn1-c1cccc(Cl)c1. The Morgan fingerprint density at radius 1 is 1.07 bits per heavy atom. The Balaban J connectivity index is 1.48. The zero-order valence-corrected chi connectivity index (χ0v) is 17.4. The monoisotopic (exact) mass is 420 g/mol. The second kappa shape index (κ2) is 8.56. The zero-order chi connectivity index (χ0) is 21.1. The van der Waals surface area contributed by atoms with Crippen molar-refractivity contribution in [3.05, 3.63) is 70.5 Å². The second-order valence-electron chi connectivity index (χ2n) is 7.21. The third kappa shape index (κ3) is 4.00. The quantitative estimate of drug-likeness (QED) is 0.648. The Morgan fingerprint density at radius 2 is 1.87 bits per heavy atom. The van der Waals surface area contributed by atoms with E-state index in [0.717, 1.165) is 30.9 Å². The molecule has 1 fully saturated rings. The van der Waals surface area contributed by atoms with Crippen LogP contribution >= 0.6 is 11.6 Å². The van der Waals surface area contributed by atoms with E-state index in [-0.39, 0.29) is 5.91 Å². The summed E-state index contributed by atoms with van der Waals surface area (Å²) in [4.78, 5) is 17.2. The Kier molecular flexibility index (Phi) is 5.68. The van der Waals surface area contributed by atoms with Crippen LogP contribution in [0.3, 0.4) is 0 Å². The van der Waals surface area contributed by atoms with E-state index in [4.69, 9.17) is 16.9 Å². The number of carbonyl (C=O) groups excluding carboxylic acids is 1. The van der Waals surface area contributed by atoms with Crippen LogP contribution < -0.4 is 4.90 Å². The minimum Gasteiger partial charge on any atom is -0.370 e. The molecule has 0 N–H and O–H groups in total. The molecule has 0 aliphatic carbocycles. The van der Waals surface area contributed by atoms with Crippen LogP contribution in [-0.4, -0.2) is 52.0 Å². The first-order chi connectivity index (χ1) is 14.6. The summed E-state index contributed by atoms with van der Waals surface area (Å²) in [6.07, 6.45) is 0.854. The summed E-state index contributed by atoms with van der Waals surface area (Å²) < 4.78 is 1.64. The topological polar surface area (TPSA) is 78.1 Å². The molecule has 0 bridgehead atoms. The summed E-state index contributed by atoms with van der Waals surface area (Å²) in [7, 11) is 0. The van der Waals surface area contributed by atoms with E-state index in [2.05, 4.69) is 21.3 Å². The van der Waals surface area contributed by atoms with E-state index in [1.165, 1.54) is 0 Å². The number of hydrogen-bond donors (Lipinski definition) is 0. The van der Waals surface area contributed by atoms with Gasteiger partial charge < -0.3 is 9.80 Å². The van der Waals surface area contributed by atoms with Crippen molar-refractivity contribution in [3.63, 3.8) is 0 Å². The van der Waals surface area contributed by atoms with E-state index in [1.54, 1.807) is 16.8 Å². The van der Waals surface area contributed by atoms with Gasteiger partial charge in [0.1, 0.15) is 0 Å². The van der Waals surface area contributed by atoms with Gasteiger partial charge in [-0.3, -0.25) is 4.79 Å². The number of nitrogens with zero attached hydrogens (tertiary/aromatic N) is 6. The van der Waals surface area contributed by atoms with Crippen molar-refractivity contribution in [2.24, 2.45) is 0 Å². The van der Waals surface area contributed by atoms with Crippen molar-refractivity contribution in [2.75, 3.05) is 31.1 Å². The van der Waals surface area contributed by atoms with Crippen molar-refractivity contribution < 1.29 is 4.79 Å². The minimum atomic E-state index is -0.109. The number of nitriles is 1. The maximum Gasteiger partial charge on any atom is 0.276 e. The summed E-state index contributed by atoms with van der Waals surface area (Å²) in [5.74, 6) is -0.109. The van der Waals surface area contributed by atoms with Crippen molar-refractivity contribution in [1.29, 1.82) is 5.26 Å². The molecule has 8 heteroatoms. The van der Waals surface area contributed by atoms with E-state index in [9.17, 15) is 4.79 Å². The summed E-state index contributed by atoms with van der Waals surface area (Å²) in [6, 6.07) is 17.0. The number of halogens is 1. The molecule has 152 valence electrons. The minimum absolute atomic E-state index is 0.109. The second-order valence-corrected chi connectivity index (χ2v) is 7.64. The van der Waals surface area contributed by atoms with Crippen LogP contribution in [0.1, 0.15) is 28.2 Å². The Morgan fingerprint density at radius 3 is 2.60 bits per heavy atom. The van der Waals surface area contributed by atoms with Crippen LogP contribution in [-0.2, 0) is 0 Å². The van der Waals surface area contributed by atoms with Crippen LogP contribution in [0.15, 0.2) is 48.5 Å². The fourth-order valence-electron chi connectivity index (χ4n) is 3.66. The molecule has 0 saturated carbocycles. The zero-order valence-electron chi connectivity index (χ0n) is 16.6. The third-order valence-corrected chi connectivity index (χ3v) is 5.53. The predicted molar refractivity (Wildman–Crippen MR) is 115 cm³/mol. The van der Waals surface area contributed by atoms with E-state index < -0.39 is 0 Å². The first kappa shape index (κ1) is 19.9. The van der Waals surface area contributed by atoms with Gasteiger partial charge in [0.05, 0.1) is 23.0 Å². The van der Waals surface area contributed by atoms with Crippen molar-refractivity contribution in [2.45, 2.75) is 13.3 Å². The lowest BCUT2D eigenvalue weighted by atomic mass is 10.2. The first-order valence-corrected chi connectivity index (χ1v) is 10.2. The van der Waals surface area contributed by atoms with Gasteiger partial charge in [-0.1, -0.05) is 22.9 Å². The Hall–Kier alpha value is -3.37. The van der Waals surface area contributed by atoms with Crippen LogP contribution in [0, 0.1) is 18.3 Å². The first-order valence-electron chi connectivity index (χ1n) is 9.79. The average molecular weight is 421 g/mol. The highest BCUT2D eigenvalue weighted by atomic mass is 35.5. The smallest absolute Gasteiger partial charge is 0.276 e. The van der Waals surface area contributed by atoms with Crippen LogP contribution in [0.4, 0.5) is 5.69 Å². The molecular formula is C22H21ClN6O. The highest BCUT2D eigenvalue weighted by Crippen LogP contribution is 2.20. The third-order valence-electron chi connectivity index (χ3n) is 5.29. The lowest BCUT2D eigenvalue weighted by Crippen LogP contribution is -2.35. The van der Waals surface area contributed by atoms with Crippen LogP contribution in [0.2, 0.25) is 5.02 Å². The molecule has 2 heterocycles. The Bertz CT molecular complexity index is 1100. The molecule has 30 heavy (non-hydrogen) atoms. The van der Waals surface area contributed by atoms with Gasteiger partial charge >= 0.3 is 0 Å². The number of amides is 1. The lowest BCUT2D eigenvalue weighted by molar-refractivity contribution is 0.0760. The average Bonchev–Trinajstić information content (AvgIpc) is 2.98. The van der Waals surface area contributed by atoms with Gasteiger partial charge in [-0.05, 0) is 55.8 Å². The normalized spacial score (nSPS) is 14.3. The predicted octanol–water partition coefficient (Wildman–Crippen LogP) is 3.45. The van der Waals surface area contributed by atoms with Crippen LogP contribution in [0.5, 0.6) is 0 Å². The number of anilines is 1. The molecule has 1 amide bonds. The van der Waals surface area contributed by atoms with Gasteiger partial charge in [0, 0.05) is 36.9 Å². The molecule has 0 spiro atoms. The van der Waals surface area contributed by atoms with Gasteiger partial charge in [0.25, 0.3) is 5.91 Å². The van der Waals surface area contributed by atoms with Gasteiger partial charge in [-0.2, -0.15) is 5.26 Å². The maximum absolute atomic E-state index is 13.1. The van der Waals surface area contributed by atoms with Gasteiger partial charge in [-0.15, -0.1) is 5.10 Å². The molecule has 1 aliphatic rings. The summed E-state index contributed by atoms with van der Waals surface area (Å²) in [5.41, 5.74) is 3.53.